The molecule has 0 N–H and O–H groups in total. The van der Waals surface area contributed by atoms with E-state index in [1.807, 2.05) is 0 Å². The van der Waals surface area contributed by atoms with E-state index < -0.39 is 0 Å². The van der Waals surface area contributed by atoms with E-state index in [1.165, 1.54) is 32.4 Å². The second-order valence-corrected chi connectivity index (χ2v) is 2.96. The summed E-state index contributed by atoms with van der Waals surface area (Å²) in [6.07, 6.45) is 4.88. The molecule has 0 aromatic carbocycles. The molecule has 0 bridgehead atoms. The number of hydrogen-bond acceptors (Lipinski definition) is 2. The first-order valence-electron chi connectivity index (χ1n) is 4.24. The average Bonchev–Trinajstić information content (AvgIpc) is 2.03. The van der Waals surface area contributed by atoms with Gasteiger partial charge in [-0.15, -0.1) is 6.61 Å². The van der Waals surface area contributed by atoms with E-state index in [0.29, 0.717) is 0 Å². The summed E-state index contributed by atoms with van der Waals surface area (Å²) < 4.78 is 0. The fourth-order valence-electron chi connectivity index (χ4n) is 1.47. The van der Waals surface area contributed by atoms with Gasteiger partial charge in [-0.05, 0) is 32.5 Å². The Labute approximate surface area is 91.3 Å². The molecule has 0 aromatic rings. The maximum Gasteiger partial charge on any atom is 1.00 e. The Bertz CT molecular complexity index is 84.2. The monoisotopic (exact) mass is 165 g/mol. The first kappa shape index (κ1) is 11.9. The van der Waals surface area contributed by atoms with Gasteiger partial charge in [-0.2, -0.15) is 0 Å². The summed E-state index contributed by atoms with van der Waals surface area (Å²) in [5, 5.41) is 10.1. The summed E-state index contributed by atoms with van der Waals surface area (Å²) in [6, 6.07) is 0. The number of nitrogens with zero attached hydrogens (tertiary/aromatic N) is 1. The van der Waals surface area contributed by atoms with E-state index in [1.54, 1.807) is 0 Å². The minimum absolute atomic E-state index is 0. The third kappa shape index (κ3) is 5.21. The number of piperidine rings is 1. The van der Waals surface area contributed by atoms with Crippen molar-refractivity contribution in [2.75, 3.05) is 26.2 Å². The molecule has 0 radical (unpaired) electrons. The van der Waals surface area contributed by atoms with Gasteiger partial charge in [-0.1, -0.05) is 12.8 Å². The van der Waals surface area contributed by atoms with Crippen molar-refractivity contribution in [3.8, 4) is 0 Å². The fourth-order valence-corrected chi connectivity index (χ4v) is 1.47. The summed E-state index contributed by atoms with van der Waals surface area (Å²) in [7, 11) is 0. The molecule has 0 atom stereocenters. The van der Waals surface area contributed by atoms with Crippen LogP contribution >= 0.6 is 0 Å². The van der Waals surface area contributed by atoms with Crippen LogP contribution in [0.25, 0.3) is 0 Å². The second kappa shape index (κ2) is 7.56. The number of rotatable bonds is 3. The fraction of sp³-hybridized carbons (Fsp3) is 1.00. The topological polar surface area (TPSA) is 26.3 Å². The molecule has 1 rings (SSSR count). The Balaban J connectivity index is 0.000001000. The van der Waals surface area contributed by atoms with E-state index in [-0.39, 0.29) is 36.2 Å². The van der Waals surface area contributed by atoms with E-state index in [0.717, 1.165) is 13.0 Å². The Morgan fingerprint density at radius 3 is 2.27 bits per heavy atom. The van der Waals surface area contributed by atoms with Gasteiger partial charge in [-0.3, -0.25) is 0 Å². The van der Waals surface area contributed by atoms with Crippen molar-refractivity contribution >= 4 is 0 Å². The number of likely N-dealkylation sites (tertiary alicyclic amines) is 1. The van der Waals surface area contributed by atoms with E-state index in [4.69, 9.17) is 0 Å². The van der Waals surface area contributed by atoms with Crippen LogP contribution in [0.4, 0.5) is 0 Å². The second-order valence-electron chi connectivity index (χ2n) is 2.96. The third-order valence-electron chi connectivity index (χ3n) is 2.07. The van der Waals surface area contributed by atoms with E-state index in [9.17, 15) is 5.11 Å². The van der Waals surface area contributed by atoms with Crippen LogP contribution < -0.4 is 34.7 Å². The first-order chi connectivity index (χ1) is 4.93. The Hall–Kier alpha value is 0.920. The minimum Gasteiger partial charge on any atom is -0.854 e. The van der Waals surface area contributed by atoms with Crippen molar-refractivity contribution in [1.29, 1.82) is 0 Å². The van der Waals surface area contributed by atoms with Gasteiger partial charge in [0, 0.05) is 0 Å². The van der Waals surface area contributed by atoms with Crippen molar-refractivity contribution in [2.45, 2.75) is 25.7 Å². The van der Waals surface area contributed by atoms with Crippen molar-refractivity contribution < 1.29 is 34.7 Å². The molecule has 2 nitrogen and oxygen atoms in total. The van der Waals surface area contributed by atoms with Gasteiger partial charge in [0.2, 0.25) is 0 Å². The predicted octanol–water partition coefficient (Wildman–Crippen LogP) is -2.77. The Morgan fingerprint density at radius 1 is 1.09 bits per heavy atom. The zero-order valence-electron chi connectivity index (χ0n) is 7.51. The molecule has 3 heteroatoms. The first-order valence-corrected chi connectivity index (χ1v) is 4.24. The van der Waals surface area contributed by atoms with Gasteiger partial charge in [0.05, 0.1) is 0 Å². The largest absolute Gasteiger partial charge is 1.00 e. The molecule has 0 aromatic heterocycles. The molecule has 1 fully saturated rings. The molecular formula is C8H16NNaO. The normalized spacial score (nSPS) is 19.4. The van der Waals surface area contributed by atoms with Crippen LogP contribution in [0.1, 0.15) is 25.7 Å². The van der Waals surface area contributed by atoms with Gasteiger partial charge in [0.1, 0.15) is 0 Å². The average molecular weight is 165 g/mol. The van der Waals surface area contributed by atoms with Gasteiger partial charge < -0.3 is 10.0 Å². The van der Waals surface area contributed by atoms with Crippen LogP contribution in [0.15, 0.2) is 0 Å². The van der Waals surface area contributed by atoms with Gasteiger partial charge in [0.25, 0.3) is 0 Å². The predicted molar refractivity (Wildman–Crippen MR) is 39.8 cm³/mol. The molecule has 0 saturated carbocycles. The quantitative estimate of drug-likeness (QED) is 0.423. The van der Waals surface area contributed by atoms with Crippen LogP contribution in [0.3, 0.4) is 0 Å². The zero-order valence-corrected chi connectivity index (χ0v) is 9.51. The Kier molecular flexibility index (Phi) is 8.20. The smallest absolute Gasteiger partial charge is 0.854 e. The summed E-state index contributed by atoms with van der Waals surface area (Å²) in [5.74, 6) is 0. The Morgan fingerprint density at radius 2 is 1.73 bits per heavy atom. The van der Waals surface area contributed by atoms with Crippen LogP contribution in [0.5, 0.6) is 0 Å². The maximum absolute atomic E-state index is 10.1. The van der Waals surface area contributed by atoms with Crippen molar-refractivity contribution in [3.05, 3.63) is 0 Å². The van der Waals surface area contributed by atoms with Crippen LogP contribution in [-0.4, -0.2) is 31.1 Å². The molecule has 0 unspecified atom stereocenters. The summed E-state index contributed by atoms with van der Waals surface area (Å²) in [5.41, 5.74) is 0. The van der Waals surface area contributed by atoms with Gasteiger partial charge in [0.15, 0.2) is 0 Å². The van der Waals surface area contributed by atoms with Gasteiger partial charge >= 0.3 is 29.6 Å². The standard InChI is InChI=1S/C8H16NO.Na/c10-8-4-7-9-5-2-1-3-6-9;/h1-8H2;/q-1;+1. The molecule has 1 aliphatic rings. The molecule has 11 heavy (non-hydrogen) atoms. The molecule has 0 spiro atoms. The molecule has 0 amide bonds. The summed E-state index contributed by atoms with van der Waals surface area (Å²) >= 11 is 0. The van der Waals surface area contributed by atoms with Crippen LogP contribution in [-0.2, 0) is 0 Å². The van der Waals surface area contributed by atoms with Gasteiger partial charge in [-0.25, -0.2) is 0 Å². The number of hydrogen-bond donors (Lipinski definition) is 0. The van der Waals surface area contributed by atoms with Crippen molar-refractivity contribution in [1.82, 2.24) is 4.90 Å². The van der Waals surface area contributed by atoms with E-state index in [2.05, 4.69) is 4.90 Å². The molecule has 0 aliphatic carbocycles. The van der Waals surface area contributed by atoms with Crippen molar-refractivity contribution in [2.24, 2.45) is 0 Å². The third-order valence-corrected chi connectivity index (χ3v) is 2.07. The van der Waals surface area contributed by atoms with Crippen molar-refractivity contribution in [3.63, 3.8) is 0 Å². The minimum atomic E-state index is 0. The molecule has 1 aliphatic heterocycles. The summed E-state index contributed by atoms with van der Waals surface area (Å²) in [6.45, 7) is 3.57. The zero-order chi connectivity index (χ0) is 7.23. The maximum atomic E-state index is 10.1. The van der Waals surface area contributed by atoms with Crippen LogP contribution in [0.2, 0.25) is 0 Å². The van der Waals surface area contributed by atoms with E-state index >= 15 is 0 Å². The molecule has 1 saturated heterocycles. The summed E-state index contributed by atoms with van der Waals surface area (Å²) in [4.78, 5) is 2.40. The SMILES string of the molecule is [Na+].[O-]CCCN1CCCCC1. The molecule has 1 heterocycles. The molecular weight excluding hydrogens is 149 g/mol. The molecule has 60 valence electrons. The van der Waals surface area contributed by atoms with Crippen LogP contribution in [0, 0.1) is 0 Å².